The van der Waals surface area contributed by atoms with Crippen LogP contribution in [-0.4, -0.2) is 13.0 Å². The van der Waals surface area contributed by atoms with Gasteiger partial charge in [-0.25, -0.2) is 0 Å². The average molecular weight is 296 g/mol. The first kappa shape index (κ1) is 11.4. The normalized spacial score (nSPS) is 11.8. The topological polar surface area (TPSA) is 54.4 Å². The fourth-order valence-corrected chi connectivity index (χ4v) is 5.23. The summed E-state index contributed by atoms with van der Waals surface area (Å²) in [5, 5.41) is 0. The van der Waals surface area contributed by atoms with Crippen LogP contribution < -0.4 is 0 Å². The standard InChI is InChI=1S/C7H4O3S5/c8-15(9,10)7-2-1-4(12-7)5-3-6(11)14-13-5/h1-3H,(H,8,9,10). The molecule has 2 rings (SSSR count). The second-order valence-corrected chi connectivity index (χ2v) is 8.23. The van der Waals surface area contributed by atoms with Crippen molar-refractivity contribution in [3.63, 3.8) is 0 Å². The second-order valence-electron chi connectivity index (χ2n) is 2.59. The summed E-state index contributed by atoms with van der Waals surface area (Å²) in [5.74, 6) is 0. The van der Waals surface area contributed by atoms with Crippen LogP contribution in [0.3, 0.4) is 0 Å². The van der Waals surface area contributed by atoms with Gasteiger partial charge in [0.05, 0.1) is 4.88 Å². The molecule has 0 fully saturated rings. The minimum atomic E-state index is -4.08. The Hall–Kier alpha value is -0.120. The SMILES string of the molecule is O=S(=O)(O)c1ccc(-c2cc(=S)ss2)s1. The van der Waals surface area contributed by atoms with E-state index in [1.54, 1.807) is 6.07 Å². The molecule has 15 heavy (non-hydrogen) atoms. The third-order valence-corrected chi connectivity index (χ3v) is 7.00. The van der Waals surface area contributed by atoms with E-state index in [0.29, 0.717) is 0 Å². The Morgan fingerprint density at radius 2 is 1.93 bits per heavy atom. The van der Waals surface area contributed by atoms with Crippen LogP contribution in [-0.2, 0) is 10.1 Å². The van der Waals surface area contributed by atoms with Crippen molar-refractivity contribution in [3.8, 4) is 9.75 Å². The van der Waals surface area contributed by atoms with Gasteiger partial charge in [0.25, 0.3) is 0 Å². The van der Waals surface area contributed by atoms with Gasteiger partial charge in [0.1, 0.15) is 8.03 Å². The number of hydrogen-bond donors (Lipinski definition) is 1. The van der Waals surface area contributed by atoms with Gasteiger partial charge in [-0.15, -0.1) is 11.3 Å². The molecule has 0 atom stereocenters. The summed E-state index contributed by atoms with van der Waals surface area (Å²) in [5.41, 5.74) is 0. The first-order chi connectivity index (χ1) is 6.97. The van der Waals surface area contributed by atoms with E-state index in [-0.39, 0.29) is 4.21 Å². The predicted molar refractivity (Wildman–Crippen MR) is 66.2 cm³/mol. The molecule has 0 aromatic carbocycles. The average Bonchev–Trinajstić information content (AvgIpc) is 2.69. The smallest absolute Gasteiger partial charge is 0.281 e. The van der Waals surface area contributed by atoms with Crippen molar-refractivity contribution < 1.29 is 13.0 Å². The van der Waals surface area contributed by atoms with Crippen molar-refractivity contribution in [1.82, 2.24) is 0 Å². The van der Waals surface area contributed by atoms with Gasteiger partial charge in [-0.1, -0.05) is 32.9 Å². The predicted octanol–water partition coefficient (Wildman–Crippen LogP) is 3.51. The maximum Gasteiger partial charge on any atom is 0.304 e. The van der Waals surface area contributed by atoms with Crippen LogP contribution >= 0.6 is 44.2 Å². The summed E-state index contributed by atoms with van der Waals surface area (Å²) in [6.07, 6.45) is 0. The van der Waals surface area contributed by atoms with Crippen molar-refractivity contribution in [1.29, 1.82) is 0 Å². The Kier molecular flexibility index (Phi) is 3.06. The Bertz CT molecular complexity index is 629. The van der Waals surface area contributed by atoms with Crippen molar-refractivity contribution in [2.24, 2.45) is 0 Å². The van der Waals surface area contributed by atoms with Crippen LogP contribution in [0.2, 0.25) is 0 Å². The van der Waals surface area contributed by atoms with Gasteiger partial charge in [0.2, 0.25) is 0 Å². The van der Waals surface area contributed by atoms with Crippen molar-refractivity contribution in [2.75, 3.05) is 0 Å². The van der Waals surface area contributed by atoms with Crippen LogP contribution in [0.1, 0.15) is 0 Å². The van der Waals surface area contributed by atoms with Crippen LogP contribution in [0.15, 0.2) is 22.4 Å². The van der Waals surface area contributed by atoms with Gasteiger partial charge in [0.15, 0.2) is 0 Å². The largest absolute Gasteiger partial charge is 0.304 e. The van der Waals surface area contributed by atoms with Crippen molar-refractivity contribution >= 4 is 54.4 Å². The molecule has 3 nitrogen and oxygen atoms in total. The molecule has 0 amide bonds. The van der Waals surface area contributed by atoms with E-state index in [1.165, 1.54) is 26.7 Å². The third-order valence-electron chi connectivity index (χ3n) is 1.54. The van der Waals surface area contributed by atoms with E-state index >= 15 is 0 Å². The molecule has 0 radical (unpaired) electrons. The Morgan fingerprint density at radius 3 is 2.40 bits per heavy atom. The molecule has 0 unspecified atom stereocenters. The van der Waals surface area contributed by atoms with Crippen molar-refractivity contribution in [3.05, 3.63) is 22.0 Å². The Morgan fingerprint density at radius 1 is 1.20 bits per heavy atom. The first-order valence-electron chi connectivity index (χ1n) is 3.65. The first-order valence-corrected chi connectivity index (χ1v) is 8.46. The highest BCUT2D eigenvalue weighted by Gasteiger charge is 2.14. The van der Waals surface area contributed by atoms with Crippen LogP contribution in [0.4, 0.5) is 0 Å². The molecule has 8 heteroatoms. The highest BCUT2D eigenvalue weighted by molar-refractivity contribution is 7.88. The molecular weight excluding hydrogens is 292 g/mol. The second kappa shape index (κ2) is 4.04. The molecule has 0 bridgehead atoms. The highest BCUT2D eigenvalue weighted by Crippen LogP contribution is 2.35. The molecule has 0 saturated heterocycles. The molecule has 2 aromatic rings. The van der Waals surface area contributed by atoms with Gasteiger partial charge in [0, 0.05) is 4.88 Å². The van der Waals surface area contributed by atoms with E-state index in [1.807, 2.05) is 6.07 Å². The van der Waals surface area contributed by atoms with Gasteiger partial charge in [-0.3, -0.25) is 4.55 Å². The van der Waals surface area contributed by atoms with E-state index < -0.39 is 10.1 Å². The summed E-state index contributed by atoms with van der Waals surface area (Å²) in [4.78, 5) is 1.74. The Balaban J connectivity index is 2.49. The summed E-state index contributed by atoms with van der Waals surface area (Å²) in [6, 6.07) is 4.88. The molecule has 2 aromatic heterocycles. The molecule has 80 valence electrons. The molecule has 0 aliphatic heterocycles. The van der Waals surface area contributed by atoms with E-state index in [9.17, 15) is 8.42 Å². The summed E-state index contributed by atoms with van der Waals surface area (Å²) < 4.78 is 31.2. The lowest BCUT2D eigenvalue weighted by Crippen LogP contribution is -1.92. The quantitative estimate of drug-likeness (QED) is 0.523. The fourth-order valence-electron chi connectivity index (χ4n) is 0.945. The van der Waals surface area contributed by atoms with E-state index in [4.69, 9.17) is 16.8 Å². The molecular formula is C7H4O3S5. The van der Waals surface area contributed by atoms with E-state index in [2.05, 4.69) is 0 Å². The van der Waals surface area contributed by atoms with Gasteiger partial charge < -0.3 is 0 Å². The van der Waals surface area contributed by atoms with Crippen LogP contribution in [0.25, 0.3) is 9.75 Å². The van der Waals surface area contributed by atoms with Gasteiger partial charge in [-0.2, -0.15) is 8.42 Å². The van der Waals surface area contributed by atoms with E-state index in [0.717, 1.165) is 24.9 Å². The number of rotatable bonds is 2. The highest BCUT2D eigenvalue weighted by atomic mass is 32.9. The number of hydrogen-bond acceptors (Lipinski definition) is 6. The molecule has 0 spiro atoms. The zero-order valence-electron chi connectivity index (χ0n) is 7.04. The lowest BCUT2D eigenvalue weighted by molar-refractivity contribution is 0.485. The monoisotopic (exact) mass is 296 g/mol. The lowest BCUT2D eigenvalue weighted by atomic mass is 10.4. The lowest BCUT2D eigenvalue weighted by Gasteiger charge is -1.88. The fraction of sp³-hybridized carbons (Fsp3) is 0. The maximum atomic E-state index is 10.8. The summed E-state index contributed by atoms with van der Waals surface area (Å²) in [7, 11) is -1.12. The molecule has 0 saturated carbocycles. The zero-order valence-corrected chi connectivity index (χ0v) is 11.1. The van der Waals surface area contributed by atoms with Crippen LogP contribution in [0, 0.1) is 3.82 Å². The number of thiophene rings is 1. The molecule has 1 N–H and O–H groups in total. The minimum Gasteiger partial charge on any atom is -0.281 e. The summed E-state index contributed by atoms with van der Waals surface area (Å²) >= 11 is 6.02. The van der Waals surface area contributed by atoms with Crippen molar-refractivity contribution in [2.45, 2.75) is 4.21 Å². The van der Waals surface area contributed by atoms with Crippen LogP contribution in [0.5, 0.6) is 0 Å². The van der Waals surface area contributed by atoms with Gasteiger partial charge >= 0.3 is 10.1 Å². The molecule has 2 heterocycles. The van der Waals surface area contributed by atoms with Gasteiger partial charge in [-0.05, 0) is 18.2 Å². The third kappa shape index (κ3) is 2.52. The Labute approximate surface area is 103 Å². The zero-order chi connectivity index (χ0) is 11.1. The summed E-state index contributed by atoms with van der Waals surface area (Å²) in [6.45, 7) is 0. The molecule has 0 aliphatic rings. The molecule has 0 aliphatic carbocycles. The minimum absolute atomic E-state index is 0.0400. The maximum absolute atomic E-state index is 10.8.